The third kappa shape index (κ3) is 7.41. The van der Waals surface area contributed by atoms with Gasteiger partial charge in [-0.1, -0.05) is 38.1 Å². The molecule has 2 aliphatic rings. The summed E-state index contributed by atoms with van der Waals surface area (Å²) in [5.74, 6) is -0.771. The van der Waals surface area contributed by atoms with Gasteiger partial charge in [0.15, 0.2) is 5.76 Å². The van der Waals surface area contributed by atoms with Crippen LogP contribution in [0, 0.1) is 12.8 Å². The number of aliphatic hydroxyl groups is 1. The van der Waals surface area contributed by atoms with Gasteiger partial charge in [-0.3, -0.25) is 9.59 Å². The van der Waals surface area contributed by atoms with Crippen molar-refractivity contribution >= 4 is 23.2 Å². The first-order valence-electron chi connectivity index (χ1n) is 15.1. The van der Waals surface area contributed by atoms with Crippen molar-refractivity contribution in [3.63, 3.8) is 0 Å². The molecule has 1 unspecified atom stereocenters. The number of nitrogens with one attached hydrogen (secondary N) is 1. The Balaban J connectivity index is 1.18. The molecule has 0 bridgehead atoms. The van der Waals surface area contributed by atoms with E-state index in [0.29, 0.717) is 18.2 Å². The zero-order valence-electron chi connectivity index (χ0n) is 25.5. The number of hydrogen-bond acceptors (Lipinski definition) is 10. The summed E-state index contributed by atoms with van der Waals surface area (Å²) < 4.78 is 21.9. The lowest BCUT2D eigenvalue weighted by Gasteiger charge is -2.29. The van der Waals surface area contributed by atoms with Crippen LogP contribution in [-0.2, 0) is 19.1 Å². The van der Waals surface area contributed by atoms with Crippen LogP contribution >= 0.6 is 11.3 Å². The molecular formula is C32H40N4O7S. The summed E-state index contributed by atoms with van der Waals surface area (Å²) in [7, 11) is 0. The van der Waals surface area contributed by atoms with E-state index in [-0.39, 0.29) is 43.0 Å². The van der Waals surface area contributed by atoms with Crippen molar-refractivity contribution in [1.82, 2.24) is 20.4 Å². The monoisotopic (exact) mass is 624 g/mol. The van der Waals surface area contributed by atoms with Gasteiger partial charge in [0, 0.05) is 25.5 Å². The molecule has 44 heavy (non-hydrogen) atoms. The molecule has 4 heterocycles. The quantitative estimate of drug-likeness (QED) is 0.250. The fourth-order valence-corrected chi connectivity index (χ4v) is 6.41. The molecule has 0 aliphatic carbocycles. The van der Waals surface area contributed by atoms with Crippen LogP contribution in [0.1, 0.15) is 75.4 Å². The first kappa shape index (κ1) is 31.5. The molecule has 2 amide bonds. The normalized spacial score (nSPS) is 19.5. The van der Waals surface area contributed by atoms with E-state index in [1.54, 1.807) is 17.4 Å². The molecule has 2 aromatic heterocycles. The number of ether oxygens (including phenoxy) is 3. The molecule has 1 saturated heterocycles. The lowest BCUT2D eigenvalue weighted by Crippen LogP contribution is -2.48. The topological polar surface area (TPSA) is 136 Å². The first-order valence-corrected chi connectivity index (χ1v) is 15.9. The van der Waals surface area contributed by atoms with E-state index in [4.69, 9.17) is 18.7 Å². The highest BCUT2D eigenvalue weighted by atomic mass is 32.1. The molecule has 1 fully saturated rings. The number of carbonyl (C=O) groups is 2. The number of rotatable bonds is 13. The molecule has 0 saturated carbocycles. The zero-order chi connectivity index (χ0) is 31.2. The molecule has 0 radical (unpaired) electrons. The fraction of sp³-hybridized carbons (Fsp3) is 0.500. The molecule has 2 aliphatic heterocycles. The highest BCUT2D eigenvalue weighted by Gasteiger charge is 2.43. The Hall–Kier alpha value is -3.90. The van der Waals surface area contributed by atoms with Crippen molar-refractivity contribution in [2.75, 3.05) is 13.2 Å². The van der Waals surface area contributed by atoms with E-state index < -0.39 is 18.1 Å². The number of thiazole rings is 1. The molecule has 12 heteroatoms. The van der Waals surface area contributed by atoms with Gasteiger partial charge in [0.1, 0.15) is 24.5 Å². The van der Waals surface area contributed by atoms with Gasteiger partial charge in [0.2, 0.25) is 18.1 Å². The van der Waals surface area contributed by atoms with Gasteiger partial charge in [0.25, 0.3) is 5.88 Å². The Morgan fingerprint density at radius 3 is 2.59 bits per heavy atom. The van der Waals surface area contributed by atoms with Gasteiger partial charge in [-0.2, -0.15) is 0 Å². The second-order valence-electron chi connectivity index (χ2n) is 11.6. The number of benzene rings is 1. The lowest BCUT2D eigenvalue weighted by molar-refractivity contribution is -0.141. The molecule has 3 aromatic rings. The van der Waals surface area contributed by atoms with Gasteiger partial charge in [0.05, 0.1) is 34.8 Å². The first-order chi connectivity index (χ1) is 21.2. The minimum atomic E-state index is -0.804. The van der Waals surface area contributed by atoms with Crippen LogP contribution in [0.4, 0.5) is 0 Å². The summed E-state index contributed by atoms with van der Waals surface area (Å²) in [5, 5.41) is 17.6. The Labute approximate surface area is 261 Å². The lowest BCUT2D eigenvalue weighted by atomic mass is 9.91. The van der Waals surface area contributed by atoms with Crippen LogP contribution in [0.5, 0.6) is 5.88 Å². The minimum absolute atomic E-state index is 0.0683. The van der Waals surface area contributed by atoms with Gasteiger partial charge < -0.3 is 34.1 Å². The van der Waals surface area contributed by atoms with Gasteiger partial charge in [-0.15, -0.1) is 11.3 Å². The summed E-state index contributed by atoms with van der Waals surface area (Å²) in [6.45, 7) is 8.21. The summed E-state index contributed by atoms with van der Waals surface area (Å²) >= 11 is 1.59. The smallest absolute Gasteiger partial charge is 0.254 e. The highest BCUT2D eigenvalue weighted by molar-refractivity contribution is 7.13. The number of likely N-dealkylation sites (tertiary alicyclic amines) is 1. The van der Waals surface area contributed by atoms with Crippen LogP contribution in [0.3, 0.4) is 0 Å². The number of carbonyl (C=O) groups excluding carboxylic acids is 2. The van der Waals surface area contributed by atoms with Crippen LogP contribution in [0.15, 0.2) is 52.9 Å². The highest BCUT2D eigenvalue weighted by Crippen LogP contribution is 2.33. The van der Waals surface area contributed by atoms with Crippen molar-refractivity contribution < 1.29 is 33.4 Å². The number of amides is 2. The van der Waals surface area contributed by atoms with Crippen molar-refractivity contribution in [3.05, 3.63) is 65.4 Å². The summed E-state index contributed by atoms with van der Waals surface area (Å²) in [5.41, 5.74) is 4.82. The average Bonchev–Trinajstić information content (AvgIpc) is 3.81. The zero-order valence-corrected chi connectivity index (χ0v) is 26.3. The van der Waals surface area contributed by atoms with E-state index in [0.717, 1.165) is 41.0 Å². The maximum absolute atomic E-state index is 13.9. The van der Waals surface area contributed by atoms with E-state index in [1.807, 2.05) is 57.5 Å². The molecule has 0 spiro atoms. The van der Waals surface area contributed by atoms with Crippen LogP contribution in [0.2, 0.25) is 0 Å². The van der Waals surface area contributed by atoms with Crippen molar-refractivity contribution in [2.24, 2.45) is 5.92 Å². The standard InChI is InChI=1S/C32H40N4O7S/c1-19(2)29(26-16-27(35-43-26)40-12-6-5-7-28-41-13-14-42-28)32(39)36-17-24(37)15-25(36)31(38)34-20(3)22-8-10-23(11-9-22)30-21(4)33-18-44-30/h8-11,13-14,16,18-20,24-25,28-29,37H,5-7,12,15,17H2,1-4H3,(H,34,38)/t20-,24+,25-,29?/m0/s1. The average molecular weight is 625 g/mol. The largest absolute Gasteiger partial charge is 0.476 e. The number of hydrogen-bond donors (Lipinski definition) is 2. The van der Waals surface area contributed by atoms with E-state index in [1.165, 1.54) is 17.4 Å². The minimum Gasteiger partial charge on any atom is -0.476 e. The Kier molecular flexibility index (Phi) is 10.2. The van der Waals surface area contributed by atoms with E-state index >= 15 is 0 Å². The van der Waals surface area contributed by atoms with Crippen molar-refractivity contribution in [1.29, 1.82) is 0 Å². The van der Waals surface area contributed by atoms with Gasteiger partial charge in [-0.25, -0.2) is 4.98 Å². The maximum atomic E-state index is 13.9. The third-order valence-electron chi connectivity index (χ3n) is 7.99. The van der Waals surface area contributed by atoms with Crippen LogP contribution in [-0.4, -0.2) is 63.5 Å². The number of aryl methyl sites for hydroxylation is 1. The molecule has 5 rings (SSSR count). The van der Waals surface area contributed by atoms with Crippen LogP contribution < -0.4 is 10.1 Å². The predicted molar refractivity (Wildman–Crippen MR) is 163 cm³/mol. The van der Waals surface area contributed by atoms with Gasteiger partial charge >= 0.3 is 0 Å². The molecule has 2 N–H and O–H groups in total. The summed E-state index contributed by atoms with van der Waals surface area (Å²) in [4.78, 5) is 34.3. The predicted octanol–water partition coefficient (Wildman–Crippen LogP) is 5.08. The Morgan fingerprint density at radius 2 is 1.91 bits per heavy atom. The third-order valence-corrected chi connectivity index (χ3v) is 8.97. The Bertz CT molecular complexity index is 1430. The van der Waals surface area contributed by atoms with Crippen molar-refractivity contribution in [3.8, 4) is 16.3 Å². The number of aliphatic hydroxyl groups excluding tert-OH is 1. The fourth-order valence-electron chi connectivity index (χ4n) is 5.60. The second-order valence-corrected chi connectivity index (χ2v) is 12.5. The number of unbranched alkanes of at least 4 members (excludes halogenated alkanes) is 1. The number of β-amino-alcohol motifs (C(OH)–C–C–N with tert-alkyl or cyclic N) is 1. The number of aromatic nitrogens is 2. The SMILES string of the molecule is Cc1ncsc1-c1ccc([C@H](C)NC(=O)[C@@H]2C[C@@H](O)CN2C(=O)C(c2cc(OCCCCC3OC=CO3)no2)C(C)C)cc1. The summed E-state index contributed by atoms with van der Waals surface area (Å²) in [6.07, 6.45) is 4.56. The number of nitrogens with zero attached hydrogens (tertiary/aromatic N) is 3. The Morgan fingerprint density at radius 1 is 1.16 bits per heavy atom. The molecule has 236 valence electrons. The summed E-state index contributed by atoms with van der Waals surface area (Å²) in [6, 6.07) is 8.56. The van der Waals surface area contributed by atoms with Gasteiger partial charge in [-0.05, 0) is 48.9 Å². The van der Waals surface area contributed by atoms with E-state index in [9.17, 15) is 14.7 Å². The molecule has 1 aromatic carbocycles. The van der Waals surface area contributed by atoms with Crippen LogP contribution in [0.25, 0.3) is 10.4 Å². The van der Waals surface area contributed by atoms with E-state index in [2.05, 4.69) is 15.5 Å². The second kappa shape index (κ2) is 14.3. The molecule has 11 nitrogen and oxygen atoms in total. The molecule has 4 atom stereocenters. The van der Waals surface area contributed by atoms with Crippen molar-refractivity contribution in [2.45, 2.75) is 83.8 Å². The maximum Gasteiger partial charge on any atom is 0.254 e. The molecular weight excluding hydrogens is 584 g/mol.